The zero-order valence-electron chi connectivity index (χ0n) is 14.7. The predicted molar refractivity (Wildman–Crippen MR) is 100 cm³/mol. The molecule has 1 aliphatic carbocycles. The van der Waals surface area contributed by atoms with Gasteiger partial charge in [-0.05, 0) is 50.2 Å². The fraction of sp³-hybridized carbons (Fsp3) is 0.400. The van der Waals surface area contributed by atoms with Crippen LogP contribution in [0.4, 0.5) is 5.00 Å². The molecule has 1 aliphatic rings. The molecule has 0 aliphatic heterocycles. The van der Waals surface area contributed by atoms with Crippen LogP contribution in [0.15, 0.2) is 24.3 Å². The Morgan fingerprint density at radius 1 is 1.16 bits per heavy atom. The predicted octanol–water partition coefficient (Wildman–Crippen LogP) is 4.29. The first kappa shape index (κ1) is 17.7. The lowest BCUT2D eigenvalue weighted by Crippen LogP contribution is -2.15. The van der Waals surface area contributed by atoms with E-state index in [0.29, 0.717) is 23.4 Å². The fourth-order valence-corrected chi connectivity index (χ4v) is 4.47. The average molecular weight is 357 g/mol. The molecule has 5 heteroatoms. The maximum Gasteiger partial charge on any atom is 0.341 e. The lowest BCUT2D eigenvalue weighted by molar-refractivity contribution is -0.116. The summed E-state index contributed by atoms with van der Waals surface area (Å²) in [6, 6.07) is 8.20. The number of ether oxygens (including phenoxy) is 1. The molecular formula is C20H23NO3S. The Bertz CT molecular complexity index is 777. The molecule has 4 nitrogen and oxygen atoms in total. The van der Waals surface area contributed by atoms with Gasteiger partial charge in [-0.15, -0.1) is 11.3 Å². The summed E-state index contributed by atoms with van der Waals surface area (Å²) in [5.74, 6) is -0.419. The van der Waals surface area contributed by atoms with E-state index in [1.807, 2.05) is 19.1 Å². The topological polar surface area (TPSA) is 55.4 Å². The minimum atomic E-state index is -0.353. The van der Waals surface area contributed by atoms with E-state index in [2.05, 4.69) is 17.4 Å². The lowest BCUT2D eigenvalue weighted by atomic mass is 9.95. The molecule has 1 aromatic carbocycles. The van der Waals surface area contributed by atoms with Crippen LogP contribution < -0.4 is 5.32 Å². The van der Waals surface area contributed by atoms with Gasteiger partial charge in [0, 0.05) is 11.3 Å². The Morgan fingerprint density at radius 3 is 2.60 bits per heavy atom. The van der Waals surface area contributed by atoms with Gasteiger partial charge in [-0.2, -0.15) is 0 Å². The Labute approximate surface area is 152 Å². The van der Waals surface area contributed by atoms with E-state index in [9.17, 15) is 9.59 Å². The first-order valence-corrected chi connectivity index (χ1v) is 9.48. The number of carbonyl (C=O) groups is 2. The molecule has 0 saturated heterocycles. The molecule has 1 aromatic heterocycles. The second-order valence-corrected chi connectivity index (χ2v) is 7.55. The zero-order valence-corrected chi connectivity index (χ0v) is 15.5. The van der Waals surface area contributed by atoms with E-state index in [-0.39, 0.29) is 11.9 Å². The largest absolute Gasteiger partial charge is 0.465 e. The van der Waals surface area contributed by atoms with Gasteiger partial charge in [0.25, 0.3) is 0 Å². The molecule has 0 spiro atoms. The molecule has 0 bridgehead atoms. The van der Waals surface area contributed by atoms with Crippen molar-refractivity contribution in [2.75, 3.05) is 12.4 Å². The highest BCUT2D eigenvalue weighted by Crippen LogP contribution is 2.38. The second-order valence-electron chi connectivity index (χ2n) is 6.44. The van der Waals surface area contributed by atoms with Gasteiger partial charge in [0.1, 0.15) is 5.00 Å². The third kappa shape index (κ3) is 4.10. The van der Waals surface area contributed by atoms with Crippen LogP contribution in [-0.2, 0) is 28.8 Å². The van der Waals surface area contributed by atoms with Crippen LogP contribution in [0.2, 0.25) is 0 Å². The Balaban J connectivity index is 1.71. The average Bonchev–Trinajstić information content (AvgIpc) is 2.98. The second kappa shape index (κ2) is 7.83. The molecule has 3 rings (SSSR count). The van der Waals surface area contributed by atoms with Crippen molar-refractivity contribution < 1.29 is 14.3 Å². The standard InChI is InChI=1S/C20H23NO3S/c1-13-7-9-14(10-8-13)11-12-17(22)21-19-18(20(23)24-2)15-5-3-4-6-16(15)25-19/h7-10H,3-6,11-12H2,1-2H3,(H,21,22). The molecule has 0 atom stereocenters. The molecule has 0 radical (unpaired) electrons. The highest BCUT2D eigenvalue weighted by atomic mass is 32.1. The number of amides is 1. The van der Waals surface area contributed by atoms with Gasteiger partial charge in [-0.1, -0.05) is 29.8 Å². The van der Waals surface area contributed by atoms with Crippen molar-refractivity contribution in [3.05, 3.63) is 51.4 Å². The summed E-state index contributed by atoms with van der Waals surface area (Å²) in [6.45, 7) is 2.05. The van der Waals surface area contributed by atoms with Gasteiger partial charge < -0.3 is 10.1 Å². The normalized spacial score (nSPS) is 13.2. The molecule has 25 heavy (non-hydrogen) atoms. The van der Waals surface area contributed by atoms with Crippen molar-refractivity contribution in [1.29, 1.82) is 0 Å². The number of carbonyl (C=O) groups excluding carboxylic acids is 2. The van der Waals surface area contributed by atoms with Crippen molar-refractivity contribution in [3.8, 4) is 0 Å². The molecular weight excluding hydrogens is 334 g/mol. The summed E-state index contributed by atoms with van der Waals surface area (Å²) in [5.41, 5.74) is 3.97. The minimum absolute atomic E-state index is 0.0654. The van der Waals surface area contributed by atoms with E-state index in [1.54, 1.807) is 0 Å². The van der Waals surface area contributed by atoms with Crippen LogP contribution in [-0.4, -0.2) is 19.0 Å². The van der Waals surface area contributed by atoms with Gasteiger partial charge in [0.15, 0.2) is 0 Å². The first-order valence-electron chi connectivity index (χ1n) is 8.66. The number of fused-ring (bicyclic) bond motifs is 1. The Morgan fingerprint density at radius 2 is 1.88 bits per heavy atom. The number of methoxy groups -OCH3 is 1. The van der Waals surface area contributed by atoms with E-state index >= 15 is 0 Å². The maximum atomic E-state index is 12.4. The molecule has 132 valence electrons. The summed E-state index contributed by atoms with van der Waals surface area (Å²) in [4.78, 5) is 25.8. The maximum absolute atomic E-state index is 12.4. The van der Waals surface area contributed by atoms with Crippen LogP contribution in [0.1, 0.15) is 51.2 Å². The highest BCUT2D eigenvalue weighted by molar-refractivity contribution is 7.17. The zero-order chi connectivity index (χ0) is 17.8. The van der Waals surface area contributed by atoms with Crippen LogP contribution in [0.5, 0.6) is 0 Å². The number of hydrogen-bond donors (Lipinski definition) is 1. The molecule has 0 saturated carbocycles. The van der Waals surface area contributed by atoms with Gasteiger partial charge in [0.05, 0.1) is 12.7 Å². The number of benzene rings is 1. The molecule has 1 N–H and O–H groups in total. The number of rotatable bonds is 5. The van der Waals surface area contributed by atoms with Gasteiger partial charge in [-0.3, -0.25) is 4.79 Å². The van der Waals surface area contributed by atoms with Gasteiger partial charge >= 0.3 is 5.97 Å². The number of hydrogen-bond acceptors (Lipinski definition) is 4. The summed E-state index contributed by atoms with van der Waals surface area (Å²) in [6.07, 6.45) is 5.15. The molecule has 2 aromatic rings. The molecule has 0 fully saturated rings. The van der Waals surface area contributed by atoms with Crippen LogP contribution in [0.3, 0.4) is 0 Å². The molecule has 1 heterocycles. The fourth-order valence-electron chi connectivity index (χ4n) is 3.17. The summed E-state index contributed by atoms with van der Waals surface area (Å²) >= 11 is 1.52. The first-order chi connectivity index (χ1) is 12.1. The highest BCUT2D eigenvalue weighted by Gasteiger charge is 2.26. The smallest absolute Gasteiger partial charge is 0.341 e. The monoisotopic (exact) mass is 357 g/mol. The van der Waals surface area contributed by atoms with Gasteiger partial charge in [-0.25, -0.2) is 4.79 Å². The Hall–Kier alpha value is -2.14. The third-order valence-electron chi connectivity index (χ3n) is 4.58. The van der Waals surface area contributed by atoms with E-state index < -0.39 is 0 Å². The van der Waals surface area contributed by atoms with Gasteiger partial charge in [0.2, 0.25) is 5.91 Å². The van der Waals surface area contributed by atoms with Crippen molar-refractivity contribution in [3.63, 3.8) is 0 Å². The van der Waals surface area contributed by atoms with Crippen LogP contribution >= 0.6 is 11.3 Å². The van der Waals surface area contributed by atoms with Crippen LogP contribution in [0, 0.1) is 6.92 Å². The minimum Gasteiger partial charge on any atom is -0.465 e. The summed E-state index contributed by atoms with van der Waals surface area (Å²) in [5, 5.41) is 3.59. The van der Waals surface area contributed by atoms with Crippen molar-refractivity contribution >= 4 is 28.2 Å². The van der Waals surface area contributed by atoms with E-state index in [4.69, 9.17) is 4.74 Å². The number of nitrogens with one attached hydrogen (secondary N) is 1. The number of esters is 1. The van der Waals surface area contributed by atoms with Crippen molar-refractivity contribution in [2.24, 2.45) is 0 Å². The number of anilines is 1. The SMILES string of the molecule is COC(=O)c1c(NC(=O)CCc2ccc(C)cc2)sc2c1CCCC2. The van der Waals surface area contributed by atoms with Crippen molar-refractivity contribution in [2.45, 2.75) is 45.4 Å². The van der Waals surface area contributed by atoms with Crippen molar-refractivity contribution in [1.82, 2.24) is 0 Å². The number of thiophene rings is 1. The van der Waals surface area contributed by atoms with E-state index in [0.717, 1.165) is 36.8 Å². The molecule has 0 unspecified atom stereocenters. The lowest BCUT2D eigenvalue weighted by Gasteiger charge is -2.11. The Kier molecular flexibility index (Phi) is 5.53. The van der Waals surface area contributed by atoms with E-state index in [1.165, 1.54) is 28.9 Å². The third-order valence-corrected chi connectivity index (χ3v) is 5.78. The summed E-state index contributed by atoms with van der Waals surface area (Å²) in [7, 11) is 1.39. The quantitative estimate of drug-likeness (QED) is 0.812. The summed E-state index contributed by atoms with van der Waals surface area (Å²) < 4.78 is 4.94. The van der Waals surface area contributed by atoms with Crippen LogP contribution in [0.25, 0.3) is 0 Å². The number of aryl methyl sites for hydroxylation is 3. The molecule has 1 amide bonds.